The van der Waals surface area contributed by atoms with E-state index in [0.29, 0.717) is 52.4 Å². The summed E-state index contributed by atoms with van der Waals surface area (Å²) >= 11 is 6.80. The van der Waals surface area contributed by atoms with Crippen molar-refractivity contribution in [3.8, 4) is 0 Å². The summed E-state index contributed by atoms with van der Waals surface area (Å²) in [5.41, 5.74) is 1.66. The molecule has 12 heteroatoms. The lowest BCUT2D eigenvalue weighted by Gasteiger charge is -2.35. The number of carbonyl (C=O) groups excluding carboxylic acids is 1. The number of carboxylic acid groups (broad SMARTS) is 1. The average Bonchev–Trinajstić information content (AvgIpc) is 3.23. The fraction of sp³-hybridized carbons (Fsp3) is 0.567. The molecule has 1 amide bonds. The van der Waals surface area contributed by atoms with Crippen molar-refractivity contribution in [2.75, 3.05) is 50.8 Å². The van der Waals surface area contributed by atoms with Gasteiger partial charge in [0.2, 0.25) is 0 Å². The number of piperazine rings is 1. The number of aliphatic hydroxyl groups is 1. The van der Waals surface area contributed by atoms with E-state index in [1.165, 1.54) is 11.8 Å². The second-order valence-electron chi connectivity index (χ2n) is 10.9. The van der Waals surface area contributed by atoms with Crippen LogP contribution in [0.3, 0.4) is 0 Å². The fourth-order valence-electron chi connectivity index (χ4n) is 5.42. The highest BCUT2D eigenvalue weighted by atomic mass is 32.2. The Bertz CT molecular complexity index is 1370. The summed E-state index contributed by atoms with van der Waals surface area (Å²) in [5.74, 6) is -0.326. The third-order valence-electron chi connectivity index (χ3n) is 7.82. The van der Waals surface area contributed by atoms with Gasteiger partial charge in [-0.15, -0.1) is 0 Å². The second-order valence-corrected chi connectivity index (χ2v) is 12.6. The van der Waals surface area contributed by atoms with Gasteiger partial charge < -0.3 is 15.1 Å². The molecule has 0 bridgehead atoms. The molecule has 0 saturated carbocycles. The van der Waals surface area contributed by atoms with Gasteiger partial charge in [-0.1, -0.05) is 68.6 Å². The van der Waals surface area contributed by atoms with Gasteiger partial charge in [0, 0.05) is 51.9 Å². The molecule has 2 aliphatic heterocycles. The lowest BCUT2D eigenvalue weighted by molar-refractivity contribution is -0.137. The summed E-state index contributed by atoms with van der Waals surface area (Å²) < 4.78 is 2.05. The first-order valence-corrected chi connectivity index (χ1v) is 16.1. The Morgan fingerprint density at radius 3 is 2.36 bits per heavy atom. The van der Waals surface area contributed by atoms with Gasteiger partial charge in [0.1, 0.15) is 15.8 Å². The van der Waals surface area contributed by atoms with Crippen LogP contribution in [0.5, 0.6) is 0 Å². The quantitative estimate of drug-likeness (QED) is 0.173. The van der Waals surface area contributed by atoms with E-state index in [4.69, 9.17) is 22.3 Å². The van der Waals surface area contributed by atoms with Gasteiger partial charge >= 0.3 is 5.97 Å². The number of unbranched alkanes of at least 4 members (excludes halogenated alkanes) is 7. The molecule has 2 aromatic heterocycles. The van der Waals surface area contributed by atoms with Crippen molar-refractivity contribution in [3.63, 3.8) is 0 Å². The van der Waals surface area contributed by atoms with Crippen molar-refractivity contribution in [2.45, 2.75) is 64.7 Å². The number of thiocarbonyl (C=S) groups is 1. The molecule has 42 heavy (non-hydrogen) atoms. The number of rotatable bonds is 15. The number of thioether (sulfide) groups is 1. The van der Waals surface area contributed by atoms with Gasteiger partial charge in [-0.25, -0.2) is 4.98 Å². The molecule has 4 rings (SSSR count). The van der Waals surface area contributed by atoms with Crippen LogP contribution < -0.4 is 10.5 Å². The van der Waals surface area contributed by atoms with E-state index < -0.39 is 5.97 Å². The smallest absolute Gasteiger partial charge is 0.303 e. The highest BCUT2D eigenvalue weighted by Crippen LogP contribution is 2.34. The minimum absolute atomic E-state index is 0.109. The second kappa shape index (κ2) is 15.6. The molecule has 2 aromatic rings. The molecule has 2 aliphatic rings. The maximum absolute atomic E-state index is 13.8. The van der Waals surface area contributed by atoms with E-state index in [1.807, 2.05) is 19.1 Å². The molecule has 0 aliphatic carbocycles. The van der Waals surface area contributed by atoms with Crippen molar-refractivity contribution < 1.29 is 19.8 Å². The lowest BCUT2D eigenvalue weighted by atomic mass is 10.1. The predicted octanol–water partition coefficient (Wildman–Crippen LogP) is 3.91. The number of fused-ring (bicyclic) bond motifs is 1. The number of aliphatic carboxylic acids is 1. The molecule has 10 nitrogen and oxygen atoms in total. The molecule has 0 atom stereocenters. The van der Waals surface area contributed by atoms with E-state index in [1.54, 1.807) is 21.6 Å². The number of hydrogen-bond acceptors (Lipinski definition) is 9. The number of amides is 1. The van der Waals surface area contributed by atoms with Crippen LogP contribution in [0.25, 0.3) is 11.7 Å². The van der Waals surface area contributed by atoms with Crippen LogP contribution >= 0.6 is 24.0 Å². The zero-order valence-corrected chi connectivity index (χ0v) is 25.9. The normalized spacial score (nSPS) is 17.2. The van der Waals surface area contributed by atoms with Crippen LogP contribution in [0.2, 0.25) is 0 Å². The van der Waals surface area contributed by atoms with E-state index in [9.17, 15) is 19.5 Å². The summed E-state index contributed by atoms with van der Waals surface area (Å²) in [5, 5.41) is 18.0. The summed E-state index contributed by atoms with van der Waals surface area (Å²) in [7, 11) is 0. The molecule has 2 N–H and O–H groups in total. The van der Waals surface area contributed by atoms with Crippen molar-refractivity contribution in [3.05, 3.63) is 44.7 Å². The van der Waals surface area contributed by atoms with Gasteiger partial charge in [-0.2, -0.15) is 0 Å². The first kappa shape index (κ1) is 32.1. The number of carboxylic acids is 1. The largest absolute Gasteiger partial charge is 0.481 e. The van der Waals surface area contributed by atoms with Crippen LogP contribution in [0.4, 0.5) is 5.82 Å². The molecule has 2 fully saturated rings. The Morgan fingerprint density at radius 1 is 1.02 bits per heavy atom. The van der Waals surface area contributed by atoms with Crippen LogP contribution in [0, 0.1) is 6.92 Å². The van der Waals surface area contributed by atoms with Crippen LogP contribution in [-0.2, 0) is 9.59 Å². The molecule has 228 valence electrons. The van der Waals surface area contributed by atoms with E-state index in [2.05, 4.69) is 9.80 Å². The third-order valence-corrected chi connectivity index (χ3v) is 9.20. The average molecular weight is 616 g/mol. The molecule has 0 spiro atoms. The molecule has 0 unspecified atom stereocenters. The van der Waals surface area contributed by atoms with Crippen molar-refractivity contribution in [2.24, 2.45) is 0 Å². The van der Waals surface area contributed by atoms with Gasteiger partial charge in [-0.3, -0.25) is 28.6 Å². The summed E-state index contributed by atoms with van der Waals surface area (Å²) in [6, 6.07) is 3.75. The number of pyridine rings is 1. The zero-order chi connectivity index (χ0) is 30.1. The van der Waals surface area contributed by atoms with E-state index in [0.717, 1.165) is 70.0 Å². The van der Waals surface area contributed by atoms with Gasteiger partial charge in [-0.05, 0) is 37.5 Å². The highest BCUT2D eigenvalue weighted by Gasteiger charge is 2.33. The Kier molecular flexibility index (Phi) is 11.9. The molecule has 4 heterocycles. The van der Waals surface area contributed by atoms with Gasteiger partial charge in [0.15, 0.2) is 0 Å². The topological polar surface area (TPSA) is 119 Å². The minimum atomic E-state index is -0.731. The number of nitrogens with zero attached hydrogens (tertiary/aromatic N) is 5. The Morgan fingerprint density at radius 2 is 1.69 bits per heavy atom. The lowest BCUT2D eigenvalue weighted by Crippen LogP contribution is -2.48. The maximum Gasteiger partial charge on any atom is 0.303 e. The molecular weight excluding hydrogens is 574 g/mol. The fourth-order valence-corrected chi connectivity index (χ4v) is 6.71. The molecular formula is C30H41N5O5S2. The predicted molar refractivity (Wildman–Crippen MR) is 171 cm³/mol. The Labute approximate surface area is 256 Å². The number of hydrogen-bond donors (Lipinski definition) is 2. The van der Waals surface area contributed by atoms with E-state index >= 15 is 0 Å². The highest BCUT2D eigenvalue weighted by molar-refractivity contribution is 8.26. The summed E-state index contributed by atoms with van der Waals surface area (Å²) in [6.45, 7) is 6.04. The SMILES string of the molecule is Cc1cccn2c(=O)c(C=C3SC(=S)N(CCCCCCCCCCC(=O)O)C3=O)c(N3CCN(CCO)CC3)nc12. The van der Waals surface area contributed by atoms with Crippen LogP contribution in [0.1, 0.15) is 68.9 Å². The zero-order valence-electron chi connectivity index (χ0n) is 24.3. The summed E-state index contributed by atoms with van der Waals surface area (Å²) in [6.07, 6.45) is 11.5. The first-order valence-electron chi connectivity index (χ1n) is 14.9. The van der Waals surface area contributed by atoms with Gasteiger partial charge in [0.25, 0.3) is 11.5 Å². The monoisotopic (exact) mass is 615 g/mol. The first-order chi connectivity index (χ1) is 20.3. The summed E-state index contributed by atoms with van der Waals surface area (Å²) in [4.78, 5) is 49.0. The Balaban J connectivity index is 1.42. The molecule has 0 radical (unpaired) electrons. The maximum atomic E-state index is 13.8. The number of anilines is 1. The standard InChI is InChI=1S/C30H41N5O5S2/c1-22-11-10-14-34-26(22)31-27(33-17-15-32(16-18-33)19-20-36)23(28(34)39)21-24-29(40)35(30(41)42-24)13-9-7-5-3-2-4-6-8-12-25(37)38/h10-11,14,21,36H,2-9,12-13,15-20H2,1H3,(H,37,38). The van der Waals surface area contributed by atoms with E-state index in [-0.39, 0.29) is 24.5 Å². The Hall–Kier alpha value is -2.80. The van der Waals surface area contributed by atoms with Crippen molar-refractivity contribution >= 4 is 57.7 Å². The van der Waals surface area contributed by atoms with Gasteiger partial charge in [0.05, 0.1) is 17.1 Å². The molecule has 0 aromatic carbocycles. The third kappa shape index (κ3) is 8.18. The molecule has 2 saturated heterocycles. The number of β-amino-alcohol motifs (C(OH)–C–C–N with tert-alkyl or cyclic N) is 1. The minimum Gasteiger partial charge on any atom is -0.481 e. The number of aliphatic hydroxyl groups excluding tert-OH is 1. The number of carbonyl (C=O) groups is 2. The van der Waals surface area contributed by atoms with Crippen LogP contribution in [0.15, 0.2) is 28.0 Å². The number of aryl methyl sites for hydroxylation is 1. The van der Waals surface area contributed by atoms with Crippen molar-refractivity contribution in [1.29, 1.82) is 0 Å². The van der Waals surface area contributed by atoms with Crippen LogP contribution in [-0.4, -0.2) is 91.5 Å². The van der Waals surface area contributed by atoms with Crippen molar-refractivity contribution in [1.82, 2.24) is 19.2 Å². The number of aromatic nitrogens is 2.